The van der Waals surface area contributed by atoms with Gasteiger partial charge in [-0.25, -0.2) is 5.43 Å². The average molecular weight is 309 g/mol. The second-order valence-electron chi connectivity index (χ2n) is 5.19. The van der Waals surface area contributed by atoms with Gasteiger partial charge in [0.15, 0.2) is 0 Å². The van der Waals surface area contributed by atoms with E-state index >= 15 is 0 Å². The summed E-state index contributed by atoms with van der Waals surface area (Å²) < 4.78 is 0. The van der Waals surface area contributed by atoms with Crippen LogP contribution in [0.3, 0.4) is 0 Å². The van der Waals surface area contributed by atoms with Gasteiger partial charge in [-0.1, -0.05) is 35.1 Å². The van der Waals surface area contributed by atoms with Gasteiger partial charge in [-0.2, -0.15) is 5.10 Å². The predicted octanol–water partition coefficient (Wildman–Crippen LogP) is 3.32. The van der Waals surface area contributed by atoms with Crippen LogP contribution in [0.4, 0.5) is 5.69 Å². The zero-order valence-electron chi connectivity index (χ0n) is 13.4. The van der Waals surface area contributed by atoms with Crippen molar-refractivity contribution in [2.24, 2.45) is 15.4 Å². The Hall–Kier alpha value is -3.02. The van der Waals surface area contributed by atoms with E-state index in [1.54, 1.807) is 49.6 Å². The van der Waals surface area contributed by atoms with Crippen molar-refractivity contribution in [3.05, 3.63) is 65.2 Å². The highest BCUT2D eigenvalue weighted by molar-refractivity contribution is 5.95. The quantitative estimate of drug-likeness (QED) is 0.523. The number of amides is 1. The molecule has 6 heteroatoms. The Morgan fingerprint density at radius 2 is 1.70 bits per heavy atom. The summed E-state index contributed by atoms with van der Waals surface area (Å²) in [7, 11) is 3.58. The molecule has 1 N–H and O–H groups in total. The van der Waals surface area contributed by atoms with Crippen LogP contribution in [-0.2, 0) is 0 Å². The molecule has 6 nitrogen and oxygen atoms in total. The minimum absolute atomic E-state index is 0.274. The van der Waals surface area contributed by atoms with Gasteiger partial charge in [-0.05, 0) is 36.8 Å². The number of carbonyl (C=O) groups excluding carboxylic acids is 1. The standard InChI is InChI=1S/C17H19N5O/c1-13-4-6-14(7-5-13)12-18-20-17(23)15-8-10-16(11-9-15)19-21-22(2)3/h4-12H,1-3H3,(H,20,23). The number of hydrogen-bond donors (Lipinski definition) is 1. The number of carbonyl (C=O) groups is 1. The highest BCUT2D eigenvalue weighted by atomic mass is 16.2. The fourth-order valence-corrected chi connectivity index (χ4v) is 1.70. The molecule has 0 bridgehead atoms. The van der Waals surface area contributed by atoms with Crippen LogP contribution < -0.4 is 5.43 Å². The molecule has 0 unspecified atom stereocenters. The molecule has 0 aromatic heterocycles. The number of rotatable bonds is 5. The van der Waals surface area contributed by atoms with Gasteiger partial charge in [0.1, 0.15) is 0 Å². The molecule has 0 radical (unpaired) electrons. The van der Waals surface area contributed by atoms with Crippen LogP contribution in [0.5, 0.6) is 0 Å². The summed E-state index contributed by atoms with van der Waals surface area (Å²) in [4.78, 5) is 12.0. The first kappa shape index (κ1) is 16.4. The monoisotopic (exact) mass is 309 g/mol. The number of nitrogens with zero attached hydrogens (tertiary/aromatic N) is 4. The molecule has 0 fully saturated rings. The predicted molar refractivity (Wildman–Crippen MR) is 90.9 cm³/mol. The van der Waals surface area contributed by atoms with E-state index in [-0.39, 0.29) is 5.91 Å². The lowest BCUT2D eigenvalue weighted by Crippen LogP contribution is -2.17. The van der Waals surface area contributed by atoms with Gasteiger partial charge in [0.2, 0.25) is 0 Å². The lowest BCUT2D eigenvalue weighted by molar-refractivity contribution is 0.0955. The van der Waals surface area contributed by atoms with E-state index in [0.29, 0.717) is 11.3 Å². The molecule has 2 rings (SSSR count). The molecule has 0 aliphatic carbocycles. The van der Waals surface area contributed by atoms with E-state index in [2.05, 4.69) is 20.9 Å². The second kappa shape index (κ2) is 7.84. The van der Waals surface area contributed by atoms with Gasteiger partial charge in [0, 0.05) is 19.7 Å². The number of hydrogen-bond acceptors (Lipinski definition) is 4. The van der Waals surface area contributed by atoms with Crippen molar-refractivity contribution in [3.8, 4) is 0 Å². The third-order valence-corrected chi connectivity index (χ3v) is 2.93. The number of nitrogens with one attached hydrogen (secondary N) is 1. The summed E-state index contributed by atoms with van der Waals surface area (Å²) in [6.07, 6.45) is 1.61. The fraction of sp³-hybridized carbons (Fsp3) is 0.176. The van der Waals surface area contributed by atoms with E-state index in [4.69, 9.17) is 0 Å². The zero-order valence-corrected chi connectivity index (χ0v) is 13.4. The Morgan fingerprint density at radius 1 is 1.04 bits per heavy atom. The smallest absolute Gasteiger partial charge is 0.271 e. The molecule has 0 saturated carbocycles. The lowest BCUT2D eigenvalue weighted by Gasteiger charge is -2.02. The summed E-state index contributed by atoms with van der Waals surface area (Å²) in [5.74, 6) is -0.274. The molecule has 2 aromatic carbocycles. The van der Waals surface area contributed by atoms with E-state index in [1.807, 2.05) is 31.2 Å². The van der Waals surface area contributed by atoms with Crippen LogP contribution in [0, 0.1) is 6.92 Å². The molecule has 0 spiro atoms. The molecule has 2 aromatic rings. The largest absolute Gasteiger partial charge is 0.285 e. The fourth-order valence-electron chi connectivity index (χ4n) is 1.70. The summed E-state index contributed by atoms with van der Waals surface area (Å²) >= 11 is 0. The molecular weight excluding hydrogens is 290 g/mol. The maximum atomic E-state index is 12.0. The van der Waals surface area contributed by atoms with Crippen molar-refractivity contribution >= 4 is 17.8 Å². The molecule has 0 aliphatic rings. The summed E-state index contributed by atoms with van der Waals surface area (Å²) in [6.45, 7) is 2.02. The van der Waals surface area contributed by atoms with Gasteiger partial charge in [-0.15, -0.1) is 5.11 Å². The first-order chi connectivity index (χ1) is 11.0. The second-order valence-corrected chi connectivity index (χ2v) is 5.19. The van der Waals surface area contributed by atoms with Gasteiger partial charge >= 0.3 is 0 Å². The SMILES string of the molecule is Cc1ccc(C=NNC(=O)c2ccc(N=NN(C)C)cc2)cc1. The Balaban J connectivity index is 1.94. The van der Waals surface area contributed by atoms with Crippen molar-refractivity contribution in [1.82, 2.24) is 10.4 Å². The maximum Gasteiger partial charge on any atom is 0.271 e. The van der Waals surface area contributed by atoms with Gasteiger partial charge < -0.3 is 0 Å². The van der Waals surface area contributed by atoms with Gasteiger partial charge in [0.25, 0.3) is 5.91 Å². The third-order valence-electron chi connectivity index (χ3n) is 2.93. The first-order valence-corrected chi connectivity index (χ1v) is 7.14. The van der Waals surface area contributed by atoms with Gasteiger partial charge in [-0.3, -0.25) is 9.80 Å². The zero-order chi connectivity index (χ0) is 16.7. The molecule has 23 heavy (non-hydrogen) atoms. The highest BCUT2D eigenvalue weighted by Gasteiger charge is 2.03. The Kier molecular flexibility index (Phi) is 5.57. The van der Waals surface area contributed by atoms with Crippen molar-refractivity contribution in [1.29, 1.82) is 0 Å². The molecule has 118 valence electrons. The lowest BCUT2D eigenvalue weighted by atomic mass is 10.2. The van der Waals surface area contributed by atoms with Crippen LogP contribution in [0.2, 0.25) is 0 Å². The summed E-state index contributed by atoms with van der Waals surface area (Å²) in [6, 6.07) is 14.7. The summed E-state index contributed by atoms with van der Waals surface area (Å²) in [5, 5.41) is 13.5. The van der Waals surface area contributed by atoms with Crippen LogP contribution >= 0.6 is 0 Å². The van der Waals surface area contributed by atoms with Crippen molar-refractivity contribution < 1.29 is 4.79 Å². The number of benzene rings is 2. The summed E-state index contributed by atoms with van der Waals surface area (Å²) in [5.41, 5.74) is 5.79. The molecule has 1 amide bonds. The van der Waals surface area contributed by atoms with Crippen molar-refractivity contribution in [2.45, 2.75) is 6.92 Å². The van der Waals surface area contributed by atoms with Crippen LogP contribution in [0.25, 0.3) is 0 Å². The van der Waals surface area contributed by atoms with Crippen molar-refractivity contribution in [2.75, 3.05) is 14.1 Å². The number of aryl methyl sites for hydroxylation is 1. The number of hydrazone groups is 1. The van der Waals surface area contributed by atoms with Gasteiger partial charge in [0.05, 0.1) is 11.9 Å². The maximum absolute atomic E-state index is 12.0. The van der Waals surface area contributed by atoms with Crippen LogP contribution in [0.1, 0.15) is 21.5 Å². The van der Waals surface area contributed by atoms with E-state index in [9.17, 15) is 4.79 Å². The Labute approximate surface area is 135 Å². The van der Waals surface area contributed by atoms with E-state index in [1.165, 1.54) is 5.56 Å². The minimum atomic E-state index is -0.274. The van der Waals surface area contributed by atoms with E-state index < -0.39 is 0 Å². The first-order valence-electron chi connectivity index (χ1n) is 7.14. The third kappa shape index (κ3) is 5.35. The van der Waals surface area contributed by atoms with Crippen LogP contribution in [0.15, 0.2) is 64.0 Å². The Morgan fingerprint density at radius 3 is 2.30 bits per heavy atom. The normalized spacial score (nSPS) is 11.1. The molecular formula is C17H19N5O. The minimum Gasteiger partial charge on any atom is -0.285 e. The van der Waals surface area contributed by atoms with Crippen LogP contribution in [-0.4, -0.2) is 31.2 Å². The molecule has 0 heterocycles. The Bertz CT molecular complexity index is 703. The molecule has 0 aliphatic heterocycles. The highest BCUT2D eigenvalue weighted by Crippen LogP contribution is 2.13. The average Bonchev–Trinajstić information content (AvgIpc) is 2.55. The molecule has 0 atom stereocenters. The molecule has 0 saturated heterocycles. The van der Waals surface area contributed by atoms with Crippen molar-refractivity contribution in [3.63, 3.8) is 0 Å². The van der Waals surface area contributed by atoms with E-state index in [0.717, 1.165) is 5.56 Å². The topological polar surface area (TPSA) is 69.4 Å².